The van der Waals surface area contributed by atoms with Crippen molar-refractivity contribution in [3.8, 4) is 0 Å². The van der Waals surface area contributed by atoms with Gasteiger partial charge in [-0.25, -0.2) is 9.59 Å². The molecule has 0 aliphatic carbocycles. The molecule has 2 aromatic heterocycles. The summed E-state index contributed by atoms with van der Waals surface area (Å²) in [5.74, 6) is 0.492. The fourth-order valence-electron chi connectivity index (χ4n) is 2.31. The molecule has 2 amide bonds. The summed E-state index contributed by atoms with van der Waals surface area (Å²) in [6, 6.07) is 3.20. The molecule has 2 aromatic rings. The monoisotopic (exact) mass is 304 g/mol. The Labute approximate surface area is 126 Å². The number of methoxy groups -OCH3 is 1. The van der Waals surface area contributed by atoms with Crippen molar-refractivity contribution in [2.24, 2.45) is 0 Å². The van der Waals surface area contributed by atoms with Crippen LogP contribution in [0.15, 0.2) is 22.9 Å². The minimum absolute atomic E-state index is 0.208. The van der Waals surface area contributed by atoms with Gasteiger partial charge >= 0.3 is 12.0 Å². The molecule has 3 heterocycles. The van der Waals surface area contributed by atoms with Crippen molar-refractivity contribution >= 4 is 17.7 Å². The lowest BCUT2D eigenvalue weighted by Crippen LogP contribution is -2.50. The third-order valence-corrected chi connectivity index (χ3v) is 3.57. The Morgan fingerprint density at radius 2 is 2.23 bits per heavy atom. The van der Waals surface area contributed by atoms with Gasteiger partial charge in [0.2, 0.25) is 0 Å². The number of nitrogens with zero attached hydrogens (tertiary/aromatic N) is 2. The van der Waals surface area contributed by atoms with Crippen molar-refractivity contribution in [1.82, 2.24) is 15.0 Å². The van der Waals surface area contributed by atoms with E-state index in [2.05, 4.69) is 20.2 Å². The normalized spacial score (nSPS) is 14.5. The van der Waals surface area contributed by atoms with Crippen LogP contribution in [0.3, 0.4) is 0 Å². The van der Waals surface area contributed by atoms with Crippen LogP contribution in [0.4, 0.5) is 10.5 Å². The van der Waals surface area contributed by atoms with E-state index in [1.54, 1.807) is 11.1 Å². The van der Waals surface area contributed by atoms with Crippen LogP contribution in [-0.4, -0.2) is 47.2 Å². The number of carbonyl (C=O) groups is 2. The number of H-pyrrole nitrogens is 1. The van der Waals surface area contributed by atoms with Gasteiger partial charge in [0.1, 0.15) is 11.5 Å². The zero-order valence-corrected chi connectivity index (χ0v) is 12.3. The summed E-state index contributed by atoms with van der Waals surface area (Å²) in [5.41, 5.74) is 1.68. The molecular weight excluding hydrogens is 288 g/mol. The number of amides is 2. The molecule has 8 nitrogen and oxygen atoms in total. The molecular formula is C14H16N4O4. The number of urea groups is 1. The van der Waals surface area contributed by atoms with Crippen LogP contribution in [0.5, 0.6) is 0 Å². The van der Waals surface area contributed by atoms with Crippen molar-refractivity contribution in [2.75, 3.05) is 25.5 Å². The molecule has 8 heteroatoms. The van der Waals surface area contributed by atoms with Crippen molar-refractivity contribution < 1.29 is 18.8 Å². The summed E-state index contributed by atoms with van der Waals surface area (Å²) in [4.78, 5) is 27.8. The average Bonchev–Trinajstić information content (AvgIpc) is 3.06. The molecule has 0 bridgehead atoms. The van der Waals surface area contributed by atoms with Crippen LogP contribution in [-0.2, 0) is 4.74 Å². The zero-order chi connectivity index (χ0) is 15.7. The molecule has 1 fully saturated rings. The fraction of sp³-hybridized carbons (Fsp3) is 0.357. The second-order valence-corrected chi connectivity index (χ2v) is 5.19. The Bertz CT molecular complexity index is 699. The number of likely N-dealkylation sites (tertiary alicyclic amines) is 1. The van der Waals surface area contributed by atoms with Crippen LogP contribution >= 0.6 is 0 Å². The van der Waals surface area contributed by atoms with Gasteiger partial charge in [-0.05, 0) is 13.0 Å². The number of ether oxygens (including phenoxy) is 1. The van der Waals surface area contributed by atoms with Crippen LogP contribution in [0.2, 0.25) is 0 Å². The fourth-order valence-corrected chi connectivity index (χ4v) is 2.31. The molecule has 0 radical (unpaired) electrons. The lowest BCUT2D eigenvalue weighted by atomic mass is 9.97. The molecule has 1 aliphatic rings. The Morgan fingerprint density at radius 1 is 1.45 bits per heavy atom. The highest BCUT2D eigenvalue weighted by Crippen LogP contribution is 2.27. The maximum absolute atomic E-state index is 12.1. The Morgan fingerprint density at radius 3 is 2.86 bits per heavy atom. The molecule has 0 atom stereocenters. The van der Waals surface area contributed by atoms with Gasteiger partial charge in [-0.1, -0.05) is 5.16 Å². The van der Waals surface area contributed by atoms with Gasteiger partial charge in [-0.3, -0.25) is 0 Å². The van der Waals surface area contributed by atoms with E-state index in [0.717, 1.165) is 11.5 Å². The van der Waals surface area contributed by atoms with E-state index < -0.39 is 5.97 Å². The van der Waals surface area contributed by atoms with E-state index in [1.165, 1.54) is 13.2 Å². The third kappa shape index (κ3) is 2.67. The predicted molar refractivity (Wildman–Crippen MR) is 76.7 cm³/mol. The largest absolute Gasteiger partial charge is 0.464 e. The van der Waals surface area contributed by atoms with Gasteiger partial charge in [-0.2, -0.15) is 0 Å². The van der Waals surface area contributed by atoms with Gasteiger partial charge in [0.25, 0.3) is 0 Å². The number of esters is 1. The van der Waals surface area contributed by atoms with Crippen molar-refractivity contribution in [2.45, 2.75) is 12.8 Å². The number of carbonyl (C=O) groups excluding carboxylic acids is 2. The first-order chi connectivity index (χ1) is 10.6. The summed E-state index contributed by atoms with van der Waals surface area (Å²) in [6.45, 7) is 3.02. The molecule has 3 rings (SSSR count). The highest BCUT2D eigenvalue weighted by molar-refractivity contribution is 5.93. The van der Waals surface area contributed by atoms with Gasteiger partial charge in [-0.15, -0.1) is 0 Å². The average molecular weight is 304 g/mol. The topological polar surface area (TPSA) is 100 Å². The summed E-state index contributed by atoms with van der Waals surface area (Å²) >= 11 is 0. The number of aryl methyl sites for hydroxylation is 1. The van der Waals surface area contributed by atoms with Gasteiger partial charge < -0.3 is 24.5 Å². The third-order valence-electron chi connectivity index (χ3n) is 3.57. The number of rotatable bonds is 3. The van der Waals surface area contributed by atoms with Crippen LogP contribution < -0.4 is 5.32 Å². The maximum Gasteiger partial charge on any atom is 0.354 e. The smallest absolute Gasteiger partial charge is 0.354 e. The number of hydrogen-bond acceptors (Lipinski definition) is 5. The van der Waals surface area contributed by atoms with Gasteiger partial charge in [0, 0.05) is 31.3 Å². The minimum Gasteiger partial charge on any atom is -0.464 e. The standard InChI is InChI=1S/C14H16N4O4/c1-8-3-11(17-22-8)9-6-18(7-9)14(20)16-10-4-12(15-5-10)13(19)21-2/h3-5,9,15H,6-7H2,1-2H3,(H,16,20). The highest BCUT2D eigenvalue weighted by atomic mass is 16.5. The molecule has 0 unspecified atom stereocenters. The van der Waals surface area contributed by atoms with E-state index in [0.29, 0.717) is 18.8 Å². The molecule has 22 heavy (non-hydrogen) atoms. The van der Waals surface area contributed by atoms with Crippen molar-refractivity contribution in [3.63, 3.8) is 0 Å². The van der Waals surface area contributed by atoms with Crippen molar-refractivity contribution in [3.05, 3.63) is 35.5 Å². The summed E-state index contributed by atoms with van der Waals surface area (Å²) in [6.07, 6.45) is 1.54. The number of hydrogen-bond donors (Lipinski definition) is 2. The highest BCUT2D eigenvalue weighted by Gasteiger charge is 2.33. The minimum atomic E-state index is -0.481. The number of aromatic nitrogens is 2. The van der Waals surface area contributed by atoms with Gasteiger partial charge in [0.15, 0.2) is 0 Å². The van der Waals surface area contributed by atoms with Crippen LogP contribution in [0, 0.1) is 6.92 Å². The van der Waals surface area contributed by atoms with E-state index in [4.69, 9.17) is 4.52 Å². The quantitative estimate of drug-likeness (QED) is 0.841. The first-order valence-electron chi connectivity index (χ1n) is 6.82. The van der Waals surface area contributed by atoms with Crippen LogP contribution in [0.1, 0.15) is 27.9 Å². The van der Waals surface area contributed by atoms with Gasteiger partial charge in [0.05, 0.1) is 18.5 Å². The molecule has 1 aliphatic heterocycles. The summed E-state index contributed by atoms with van der Waals surface area (Å²) in [5, 5.41) is 6.68. The maximum atomic E-state index is 12.1. The SMILES string of the molecule is COC(=O)c1cc(NC(=O)N2CC(c3cc(C)on3)C2)c[nH]1. The molecule has 116 valence electrons. The van der Waals surface area contributed by atoms with E-state index in [9.17, 15) is 9.59 Å². The number of anilines is 1. The number of aromatic amines is 1. The first-order valence-corrected chi connectivity index (χ1v) is 6.82. The lowest BCUT2D eigenvalue weighted by molar-refractivity contribution is 0.0595. The summed E-state index contributed by atoms with van der Waals surface area (Å²) in [7, 11) is 1.30. The molecule has 0 aromatic carbocycles. The second-order valence-electron chi connectivity index (χ2n) is 5.19. The number of nitrogens with one attached hydrogen (secondary N) is 2. The predicted octanol–water partition coefficient (Wildman–Crippen LogP) is 1.73. The molecule has 2 N–H and O–H groups in total. The lowest BCUT2D eigenvalue weighted by Gasteiger charge is -2.37. The molecule has 0 saturated carbocycles. The summed E-state index contributed by atoms with van der Waals surface area (Å²) < 4.78 is 9.62. The van der Waals surface area contributed by atoms with E-state index in [1.807, 2.05) is 13.0 Å². The van der Waals surface area contributed by atoms with Crippen LogP contribution in [0.25, 0.3) is 0 Å². The second kappa shape index (κ2) is 5.55. The Balaban J connectivity index is 1.53. The Hall–Kier alpha value is -2.77. The molecule has 0 spiro atoms. The first kappa shape index (κ1) is 14.2. The van der Waals surface area contributed by atoms with E-state index in [-0.39, 0.29) is 17.6 Å². The van der Waals surface area contributed by atoms with Crippen molar-refractivity contribution in [1.29, 1.82) is 0 Å². The zero-order valence-electron chi connectivity index (χ0n) is 12.3. The molecule has 1 saturated heterocycles. The Kier molecular flexibility index (Phi) is 3.58. The van der Waals surface area contributed by atoms with E-state index >= 15 is 0 Å².